The van der Waals surface area contributed by atoms with Crippen LogP contribution in [0.4, 0.5) is 0 Å². The molecule has 18 heavy (non-hydrogen) atoms. The fraction of sp³-hybridized carbons (Fsp3) is 0.688. The molecule has 0 aliphatic rings. The molecule has 0 saturated heterocycles. The number of amides is 1. The van der Waals surface area contributed by atoms with Gasteiger partial charge in [-0.2, -0.15) is 0 Å². The van der Waals surface area contributed by atoms with Crippen LogP contribution in [0.3, 0.4) is 0 Å². The number of hydrogen-bond acceptors (Lipinski definition) is 1. The number of nitrogens with zero attached hydrogens (tertiary/aromatic N) is 1. The van der Waals surface area contributed by atoms with Crippen molar-refractivity contribution in [3.05, 3.63) is 25.3 Å². The maximum atomic E-state index is 11.2. The maximum Gasteiger partial charge on any atom is 0.245 e. The van der Waals surface area contributed by atoms with Crippen LogP contribution in [0.5, 0.6) is 0 Å². The Kier molecular flexibility index (Phi) is 9.35. The minimum Gasteiger partial charge on any atom is -0.342 e. The molecule has 0 N–H and O–H groups in total. The number of hydrogen-bond donors (Lipinski definition) is 0. The van der Waals surface area contributed by atoms with E-state index in [2.05, 4.69) is 27.0 Å². The van der Waals surface area contributed by atoms with Crippen LogP contribution >= 0.6 is 0 Å². The van der Waals surface area contributed by atoms with Crippen molar-refractivity contribution in [3.63, 3.8) is 0 Å². The molecular weight excluding hydrogens is 222 g/mol. The molecule has 0 heterocycles. The van der Waals surface area contributed by atoms with Gasteiger partial charge in [0.2, 0.25) is 5.91 Å². The zero-order chi connectivity index (χ0) is 14.0. The number of unbranched alkanes of at least 4 members (excludes halogenated alkanes) is 1. The summed E-state index contributed by atoms with van der Waals surface area (Å²) in [6, 6.07) is 0. The van der Waals surface area contributed by atoms with Gasteiger partial charge in [-0.1, -0.05) is 45.8 Å². The average Bonchev–Trinajstić information content (AvgIpc) is 2.39. The van der Waals surface area contributed by atoms with E-state index in [0.29, 0.717) is 5.92 Å². The molecule has 0 bridgehead atoms. The first-order valence-electron chi connectivity index (χ1n) is 7.01. The van der Waals surface area contributed by atoms with Crippen molar-refractivity contribution in [3.8, 4) is 0 Å². The summed E-state index contributed by atoms with van der Waals surface area (Å²) in [4.78, 5) is 13.0. The first-order chi connectivity index (χ1) is 8.51. The highest BCUT2D eigenvalue weighted by Gasteiger charge is 2.06. The Morgan fingerprint density at radius 3 is 2.39 bits per heavy atom. The van der Waals surface area contributed by atoms with Crippen LogP contribution in [0.2, 0.25) is 0 Å². The highest BCUT2D eigenvalue weighted by molar-refractivity contribution is 5.86. The molecule has 2 nitrogen and oxygen atoms in total. The zero-order valence-corrected chi connectivity index (χ0v) is 12.3. The monoisotopic (exact) mass is 251 g/mol. The first kappa shape index (κ1) is 16.9. The molecule has 2 unspecified atom stereocenters. The number of rotatable bonds is 10. The molecule has 104 valence electrons. The summed E-state index contributed by atoms with van der Waals surface area (Å²) in [6.07, 6.45) is 9.44. The van der Waals surface area contributed by atoms with Gasteiger partial charge < -0.3 is 4.90 Å². The van der Waals surface area contributed by atoms with Gasteiger partial charge in [-0.25, -0.2) is 0 Å². The van der Waals surface area contributed by atoms with E-state index < -0.39 is 0 Å². The van der Waals surface area contributed by atoms with E-state index >= 15 is 0 Å². The van der Waals surface area contributed by atoms with Crippen LogP contribution in [0, 0.1) is 11.8 Å². The van der Waals surface area contributed by atoms with Crippen molar-refractivity contribution >= 4 is 5.91 Å². The van der Waals surface area contributed by atoms with E-state index in [0.717, 1.165) is 18.9 Å². The minimum atomic E-state index is 0.0165. The molecule has 2 atom stereocenters. The van der Waals surface area contributed by atoms with Crippen molar-refractivity contribution in [2.75, 3.05) is 13.6 Å². The van der Waals surface area contributed by atoms with Gasteiger partial charge in [0.05, 0.1) is 0 Å². The van der Waals surface area contributed by atoms with E-state index in [1.807, 2.05) is 13.1 Å². The lowest BCUT2D eigenvalue weighted by Crippen LogP contribution is -2.25. The van der Waals surface area contributed by atoms with Crippen molar-refractivity contribution in [2.24, 2.45) is 11.8 Å². The van der Waals surface area contributed by atoms with E-state index in [1.54, 1.807) is 4.90 Å². The summed E-state index contributed by atoms with van der Waals surface area (Å²) in [5.41, 5.74) is 0. The second-order valence-corrected chi connectivity index (χ2v) is 5.36. The number of carbonyl (C=O) groups is 1. The predicted octanol–water partition coefficient (Wildman–Crippen LogP) is 4.04. The Morgan fingerprint density at radius 1 is 1.17 bits per heavy atom. The Balaban J connectivity index is 3.56. The summed E-state index contributed by atoms with van der Waals surface area (Å²) in [5, 5.41) is 0. The molecule has 0 aliphatic heterocycles. The van der Waals surface area contributed by atoms with Gasteiger partial charge in [0.1, 0.15) is 0 Å². The SMILES string of the molecule is C=CC(=O)N(C)CCCCC(C)CCC(C)C=C. The minimum absolute atomic E-state index is 0.0165. The Hall–Kier alpha value is -1.05. The third kappa shape index (κ3) is 8.10. The Morgan fingerprint density at radius 2 is 1.83 bits per heavy atom. The van der Waals surface area contributed by atoms with Crippen molar-refractivity contribution in [2.45, 2.75) is 46.0 Å². The van der Waals surface area contributed by atoms with Crippen molar-refractivity contribution in [1.29, 1.82) is 0 Å². The molecular formula is C16H29NO. The molecule has 1 amide bonds. The van der Waals surface area contributed by atoms with Gasteiger partial charge in [0.25, 0.3) is 0 Å². The predicted molar refractivity (Wildman–Crippen MR) is 79.4 cm³/mol. The lowest BCUT2D eigenvalue weighted by atomic mass is 9.94. The fourth-order valence-electron chi connectivity index (χ4n) is 1.92. The van der Waals surface area contributed by atoms with Crippen LogP contribution in [-0.4, -0.2) is 24.4 Å². The summed E-state index contributed by atoms with van der Waals surface area (Å²) in [7, 11) is 1.83. The van der Waals surface area contributed by atoms with Gasteiger partial charge in [-0.3, -0.25) is 4.79 Å². The molecule has 0 aliphatic carbocycles. The van der Waals surface area contributed by atoms with Crippen LogP contribution in [0.15, 0.2) is 25.3 Å². The van der Waals surface area contributed by atoms with Crippen LogP contribution in [-0.2, 0) is 4.79 Å². The average molecular weight is 251 g/mol. The number of likely N-dealkylation sites (N-methyl/N-ethyl adjacent to an activating group) is 1. The quantitative estimate of drug-likeness (QED) is 0.326. The molecule has 0 aromatic heterocycles. The molecule has 0 rings (SSSR count). The first-order valence-corrected chi connectivity index (χ1v) is 7.01. The fourth-order valence-corrected chi connectivity index (χ4v) is 1.92. The van der Waals surface area contributed by atoms with Gasteiger partial charge in [0.15, 0.2) is 0 Å². The normalized spacial score (nSPS) is 13.7. The Labute approximate surface area is 113 Å². The summed E-state index contributed by atoms with van der Waals surface area (Å²) >= 11 is 0. The van der Waals surface area contributed by atoms with E-state index in [-0.39, 0.29) is 5.91 Å². The van der Waals surface area contributed by atoms with E-state index in [4.69, 9.17) is 0 Å². The molecule has 0 aromatic rings. The standard InChI is InChI=1S/C16H29NO/c1-6-14(3)11-12-15(4)10-8-9-13-17(5)16(18)7-2/h6-7,14-15H,1-2,8-13H2,3-5H3. The highest BCUT2D eigenvalue weighted by Crippen LogP contribution is 2.18. The molecule has 0 saturated carbocycles. The molecule has 0 radical (unpaired) electrons. The molecule has 0 aromatic carbocycles. The third-order valence-electron chi connectivity index (χ3n) is 3.51. The lowest BCUT2D eigenvalue weighted by Gasteiger charge is -2.16. The van der Waals surface area contributed by atoms with Gasteiger partial charge in [-0.15, -0.1) is 6.58 Å². The smallest absolute Gasteiger partial charge is 0.245 e. The van der Waals surface area contributed by atoms with Crippen molar-refractivity contribution < 1.29 is 4.79 Å². The topological polar surface area (TPSA) is 20.3 Å². The van der Waals surface area contributed by atoms with Gasteiger partial charge >= 0.3 is 0 Å². The Bertz CT molecular complexity index is 260. The number of carbonyl (C=O) groups excluding carboxylic acids is 1. The van der Waals surface area contributed by atoms with Gasteiger partial charge in [-0.05, 0) is 30.8 Å². The second kappa shape index (κ2) is 9.93. The molecule has 0 spiro atoms. The van der Waals surface area contributed by atoms with Crippen LogP contribution in [0.25, 0.3) is 0 Å². The van der Waals surface area contributed by atoms with Crippen LogP contribution in [0.1, 0.15) is 46.0 Å². The largest absolute Gasteiger partial charge is 0.342 e. The maximum absolute atomic E-state index is 11.2. The van der Waals surface area contributed by atoms with E-state index in [1.165, 1.54) is 31.8 Å². The van der Waals surface area contributed by atoms with E-state index in [9.17, 15) is 4.79 Å². The molecule has 2 heteroatoms. The third-order valence-corrected chi connectivity index (χ3v) is 3.51. The summed E-state index contributed by atoms with van der Waals surface area (Å²) in [5.74, 6) is 1.42. The molecule has 0 fully saturated rings. The second-order valence-electron chi connectivity index (χ2n) is 5.36. The van der Waals surface area contributed by atoms with Crippen molar-refractivity contribution in [1.82, 2.24) is 4.90 Å². The van der Waals surface area contributed by atoms with Gasteiger partial charge in [0, 0.05) is 13.6 Å². The summed E-state index contributed by atoms with van der Waals surface area (Å²) < 4.78 is 0. The highest BCUT2D eigenvalue weighted by atomic mass is 16.2. The zero-order valence-electron chi connectivity index (χ0n) is 12.3. The number of allylic oxidation sites excluding steroid dienone is 1. The summed E-state index contributed by atoms with van der Waals surface area (Å²) in [6.45, 7) is 12.7. The lowest BCUT2D eigenvalue weighted by molar-refractivity contribution is -0.124. The van der Waals surface area contributed by atoms with Crippen LogP contribution < -0.4 is 0 Å².